The summed E-state index contributed by atoms with van der Waals surface area (Å²) in [4.78, 5) is 25.4. The van der Waals surface area contributed by atoms with Crippen molar-refractivity contribution in [3.63, 3.8) is 0 Å². The molecule has 0 spiro atoms. The van der Waals surface area contributed by atoms with Gasteiger partial charge in [0.05, 0.1) is 17.1 Å². The quantitative estimate of drug-likeness (QED) is 0.211. The molecule has 2 N–H and O–H groups in total. The van der Waals surface area contributed by atoms with Crippen LogP contribution in [0, 0.1) is 6.92 Å². The summed E-state index contributed by atoms with van der Waals surface area (Å²) in [7, 11) is -3.91. The Labute approximate surface area is 245 Å². The summed E-state index contributed by atoms with van der Waals surface area (Å²) in [5.41, 5.74) is 3.81. The van der Waals surface area contributed by atoms with E-state index in [9.17, 15) is 23.1 Å². The Morgan fingerprint density at radius 2 is 1.51 bits per heavy atom. The number of carbonyl (C=O) groups excluding carboxylic acids is 1. The van der Waals surface area contributed by atoms with Crippen molar-refractivity contribution in [1.82, 2.24) is 5.32 Å². The number of rotatable bonds is 12. The normalized spacial score (nSPS) is 12.0. The number of anilines is 1. The number of carboxylic acid groups (broad SMARTS) is 1. The number of amides is 1. The first kappa shape index (κ1) is 29.9. The average molecular weight is 589 g/mol. The molecule has 9 heteroatoms. The van der Waals surface area contributed by atoms with Gasteiger partial charge in [0, 0.05) is 5.56 Å². The van der Waals surface area contributed by atoms with Crippen LogP contribution in [0.2, 0.25) is 0 Å². The molecule has 0 fully saturated rings. The first-order chi connectivity index (χ1) is 19.7. The Morgan fingerprint density at radius 1 is 0.878 bits per heavy atom. The molecule has 7 nitrogen and oxygen atoms in total. The van der Waals surface area contributed by atoms with E-state index in [1.807, 2.05) is 49.6 Å². The molecule has 212 valence electrons. The second kappa shape index (κ2) is 13.5. The molecule has 4 aromatic carbocycles. The summed E-state index contributed by atoms with van der Waals surface area (Å²) < 4.78 is 28.9. The summed E-state index contributed by atoms with van der Waals surface area (Å²) in [5.74, 6) is -1.00. The third kappa shape index (κ3) is 7.17. The first-order valence-corrected chi connectivity index (χ1v) is 15.9. The molecule has 0 aliphatic heterocycles. The highest BCUT2D eigenvalue weighted by atomic mass is 32.2. The van der Waals surface area contributed by atoms with Crippen LogP contribution in [0.15, 0.2) is 108 Å². The minimum absolute atomic E-state index is 0.0213. The fourth-order valence-electron chi connectivity index (χ4n) is 4.51. The standard InChI is InChI=1S/C32H32N2O5S2/c1-23-11-9-10-16-27(23)29-21-24(17-18-28(29)31(35)33-30(32(36)37)19-20-40-2)22-34(25-12-5-3-6-13-25)41(38,39)26-14-7-4-8-15-26/h3-18,21,30H,19-20,22H2,1-2H3,(H,33,35)(H,36,37). The lowest BCUT2D eigenvalue weighted by molar-refractivity contribution is -0.139. The zero-order valence-corrected chi connectivity index (χ0v) is 24.5. The molecule has 0 aliphatic carbocycles. The molecule has 0 heterocycles. The summed E-state index contributed by atoms with van der Waals surface area (Å²) >= 11 is 1.51. The predicted octanol–water partition coefficient (Wildman–Crippen LogP) is 5.99. The van der Waals surface area contributed by atoms with Crippen molar-refractivity contribution in [3.8, 4) is 11.1 Å². The van der Waals surface area contributed by atoms with Crippen LogP contribution in [0.3, 0.4) is 0 Å². The fourth-order valence-corrected chi connectivity index (χ4v) is 6.45. The predicted molar refractivity (Wildman–Crippen MR) is 165 cm³/mol. The van der Waals surface area contributed by atoms with Crippen LogP contribution in [0.5, 0.6) is 0 Å². The molecule has 1 unspecified atom stereocenters. The molecule has 41 heavy (non-hydrogen) atoms. The third-order valence-electron chi connectivity index (χ3n) is 6.68. The van der Waals surface area contributed by atoms with Gasteiger partial charge in [-0.2, -0.15) is 11.8 Å². The Hall–Kier alpha value is -4.08. The van der Waals surface area contributed by atoms with Gasteiger partial charge in [0.15, 0.2) is 0 Å². The van der Waals surface area contributed by atoms with Crippen LogP contribution in [-0.2, 0) is 21.4 Å². The number of benzene rings is 4. The summed E-state index contributed by atoms with van der Waals surface area (Å²) in [5, 5.41) is 12.3. The van der Waals surface area contributed by atoms with Gasteiger partial charge in [-0.05, 0) is 84.0 Å². The van der Waals surface area contributed by atoms with Crippen molar-refractivity contribution in [2.45, 2.75) is 30.8 Å². The molecule has 0 saturated carbocycles. The van der Waals surface area contributed by atoms with Gasteiger partial charge in [0.25, 0.3) is 15.9 Å². The number of hydrogen-bond donors (Lipinski definition) is 2. The molecule has 0 aromatic heterocycles. The summed E-state index contributed by atoms with van der Waals surface area (Å²) in [6, 6.07) is 28.9. The SMILES string of the molecule is CSCCC(NC(=O)c1ccc(CN(c2ccccc2)S(=O)(=O)c2ccccc2)cc1-c1ccccc1C)C(=O)O. The van der Waals surface area contributed by atoms with E-state index >= 15 is 0 Å². The van der Waals surface area contributed by atoms with E-state index in [1.165, 1.54) is 16.1 Å². The highest BCUT2D eigenvalue weighted by Gasteiger charge is 2.27. The number of aryl methyl sites for hydroxylation is 1. The maximum atomic E-state index is 13.8. The molecule has 0 bridgehead atoms. The molecule has 0 radical (unpaired) electrons. The number of carbonyl (C=O) groups is 2. The van der Waals surface area contributed by atoms with Gasteiger partial charge in [0.2, 0.25) is 0 Å². The number of thioether (sulfide) groups is 1. The largest absolute Gasteiger partial charge is 0.480 e. The molecule has 1 amide bonds. The lowest BCUT2D eigenvalue weighted by atomic mass is 9.93. The number of aliphatic carboxylic acids is 1. The van der Waals surface area contributed by atoms with E-state index < -0.39 is 27.9 Å². The molecular weight excluding hydrogens is 556 g/mol. The number of hydrogen-bond acceptors (Lipinski definition) is 5. The molecule has 4 rings (SSSR count). The highest BCUT2D eigenvalue weighted by molar-refractivity contribution is 7.98. The number of para-hydroxylation sites is 1. The Balaban J connectivity index is 1.78. The summed E-state index contributed by atoms with van der Waals surface area (Å²) in [6.07, 6.45) is 2.18. The average Bonchev–Trinajstić information content (AvgIpc) is 2.98. The minimum Gasteiger partial charge on any atom is -0.480 e. The monoisotopic (exact) mass is 588 g/mol. The molecule has 0 aliphatic rings. The van der Waals surface area contributed by atoms with E-state index in [0.29, 0.717) is 34.6 Å². The summed E-state index contributed by atoms with van der Waals surface area (Å²) in [6.45, 7) is 1.95. The second-order valence-electron chi connectivity index (χ2n) is 9.50. The van der Waals surface area contributed by atoms with Crippen LogP contribution in [0.25, 0.3) is 11.1 Å². The minimum atomic E-state index is -3.91. The van der Waals surface area contributed by atoms with Gasteiger partial charge in [-0.1, -0.05) is 66.7 Å². The van der Waals surface area contributed by atoms with Crippen molar-refractivity contribution < 1.29 is 23.1 Å². The van der Waals surface area contributed by atoms with Gasteiger partial charge < -0.3 is 10.4 Å². The van der Waals surface area contributed by atoms with Crippen LogP contribution >= 0.6 is 11.8 Å². The van der Waals surface area contributed by atoms with E-state index in [1.54, 1.807) is 66.7 Å². The van der Waals surface area contributed by atoms with Gasteiger partial charge in [-0.15, -0.1) is 0 Å². The van der Waals surface area contributed by atoms with Crippen molar-refractivity contribution >= 4 is 39.3 Å². The molecule has 4 aromatic rings. The third-order valence-corrected chi connectivity index (χ3v) is 9.11. The lowest BCUT2D eigenvalue weighted by Gasteiger charge is -2.25. The maximum Gasteiger partial charge on any atom is 0.326 e. The number of carboxylic acids is 1. The number of nitrogens with one attached hydrogen (secondary N) is 1. The van der Waals surface area contributed by atoms with Crippen LogP contribution in [-0.4, -0.2) is 43.5 Å². The topological polar surface area (TPSA) is 104 Å². The van der Waals surface area contributed by atoms with Crippen molar-refractivity contribution in [1.29, 1.82) is 0 Å². The number of nitrogens with zero attached hydrogens (tertiary/aromatic N) is 1. The van der Waals surface area contributed by atoms with E-state index in [-0.39, 0.29) is 11.4 Å². The lowest BCUT2D eigenvalue weighted by Crippen LogP contribution is -2.41. The zero-order chi connectivity index (χ0) is 29.4. The van der Waals surface area contributed by atoms with Gasteiger partial charge in [0.1, 0.15) is 6.04 Å². The smallest absolute Gasteiger partial charge is 0.326 e. The molecule has 1 atom stereocenters. The number of sulfonamides is 1. The van der Waals surface area contributed by atoms with E-state index in [4.69, 9.17) is 0 Å². The van der Waals surface area contributed by atoms with E-state index in [0.717, 1.165) is 11.1 Å². The van der Waals surface area contributed by atoms with Gasteiger partial charge in [-0.3, -0.25) is 9.10 Å². The van der Waals surface area contributed by atoms with Crippen molar-refractivity contribution in [3.05, 3.63) is 120 Å². The molecule has 0 saturated heterocycles. The molecular formula is C32H32N2O5S2. The fraction of sp³-hybridized carbons (Fsp3) is 0.188. The van der Waals surface area contributed by atoms with Crippen LogP contribution in [0.4, 0.5) is 5.69 Å². The van der Waals surface area contributed by atoms with Crippen molar-refractivity contribution in [2.24, 2.45) is 0 Å². The maximum absolute atomic E-state index is 13.8. The van der Waals surface area contributed by atoms with Crippen LogP contribution < -0.4 is 9.62 Å². The van der Waals surface area contributed by atoms with Crippen LogP contribution in [0.1, 0.15) is 27.9 Å². The Bertz CT molecular complexity index is 1610. The Kier molecular flexibility index (Phi) is 9.86. The second-order valence-corrected chi connectivity index (χ2v) is 12.3. The highest BCUT2D eigenvalue weighted by Crippen LogP contribution is 2.31. The zero-order valence-electron chi connectivity index (χ0n) is 22.9. The van der Waals surface area contributed by atoms with Gasteiger partial charge in [-0.25, -0.2) is 13.2 Å². The van der Waals surface area contributed by atoms with Crippen molar-refractivity contribution in [2.75, 3.05) is 16.3 Å². The first-order valence-electron chi connectivity index (χ1n) is 13.1. The van der Waals surface area contributed by atoms with E-state index in [2.05, 4.69) is 5.32 Å². The Morgan fingerprint density at radius 3 is 2.15 bits per heavy atom. The van der Waals surface area contributed by atoms with Gasteiger partial charge >= 0.3 is 5.97 Å².